The fraction of sp³-hybridized carbons (Fsp3) is 0.857. The van der Waals surface area contributed by atoms with Crippen molar-refractivity contribution in [3.05, 3.63) is 0 Å². The Labute approximate surface area is 127 Å². The molecule has 0 bridgehead atoms. The van der Waals surface area contributed by atoms with Crippen molar-refractivity contribution in [2.75, 3.05) is 13.7 Å². The summed E-state index contributed by atoms with van der Waals surface area (Å²) in [6.07, 6.45) is 5.98. The van der Waals surface area contributed by atoms with Crippen molar-refractivity contribution in [1.82, 2.24) is 5.32 Å². The first-order valence-corrected chi connectivity index (χ1v) is 7.15. The Morgan fingerprint density at radius 1 is 1.30 bits per heavy atom. The van der Waals surface area contributed by atoms with Crippen LogP contribution in [0.15, 0.2) is 0 Å². The average Bonchev–Trinajstić information content (AvgIpc) is 2.46. The molecular formula is C14H27ClN2O3. The second-order valence-corrected chi connectivity index (χ2v) is 5.43. The molecule has 1 aliphatic carbocycles. The van der Waals surface area contributed by atoms with E-state index >= 15 is 0 Å². The topological polar surface area (TPSA) is 81.4 Å². The minimum atomic E-state index is -0.267. The number of rotatable bonds is 6. The van der Waals surface area contributed by atoms with Gasteiger partial charge in [0.05, 0.1) is 13.5 Å². The van der Waals surface area contributed by atoms with E-state index in [9.17, 15) is 9.59 Å². The van der Waals surface area contributed by atoms with Gasteiger partial charge in [-0.05, 0) is 18.8 Å². The van der Waals surface area contributed by atoms with Crippen molar-refractivity contribution in [3.63, 3.8) is 0 Å². The van der Waals surface area contributed by atoms with E-state index in [1.54, 1.807) is 6.92 Å². The van der Waals surface area contributed by atoms with E-state index in [2.05, 4.69) is 5.32 Å². The number of hydrogen-bond donors (Lipinski definition) is 2. The van der Waals surface area contributed by atoms with E-state index < -0.39 is 0 Å². The number of methoxy groups -OCH3 is 1. The van der Waals surface area contributed by atoms with Crippen LogP contribution in [0.2, 0.25) is 0 Å². The summed E-state index contributed by atoms with van der Waals surface area (Å²) in [5.41, 5.74) is 5.50. The highest BCUT2D eigenvalue weighted by molar-refractivity contribution is 5.85. The molecule has 3 N–H and O–H groups in total. The molecule has 5 nitrogen and oxygen atoms in total. The van der Waals surface area contributed by atoms with Crippen LogP contribution in [0.25, 0.3) is 0 Å². The van der Waals surface area contributed by atoms with Crippen LogP contribution in [-0.4, -0.2) is 31.6 Å². The highest BCUT2D eigenvalue weighted by atomic mass is 35.5. The van der Waals surface area contributed by atoms with Gasteiger partial charge in [-0.3, -0.25) is 9.59 Å². The van der Waals surface area contributed by atoms with Gasteiger partial charge in [-0.15, -0.1) is 12.4 Å². The molecule has 0 aromatic carbocycles. The van der Waals surface area contributed by atoms with Gasteiger partial charge in [-0.2, -0.15) is 0 Å². The largest absolute Gasteiger partial charge is 0.469 e. The fourth-order valence-corrected chi connectivity index (χ4v) is 2.57. The maximum absolute atomic E-state index is 12.0. The van der Waals surface area contributed by atoms with Crippen LogP contribution in [-0.2, 0) is 14.3 Å². The van der Waals surface area contributed by atoms with Gasteiger partial charge < -0.3 is 15.8 Å². The van der Waals surface area contributed by atoms with Crippen molar-refractivity contribution in [1.29, 1.82) is 0 Å². The first-order valence-electron chi connectivity index (χ1n) is 7.15. The molecule has 1 rings (SSSR count). The van der Waals surface area contributed by atoms with Crippen molar-refractivity contribution >= 4 is 24.3 Å². The molecule has 0 aromatic rings. The number of amides is 1. The fourth-order valence-electron chi connectivity index (χ4n) is 2.57. The zero-order valence-electron chi connectivity index (χ0n) is 12.4. The molecular weight excluding hydrogens is 280 g/mol. The van der Waals surface area contributed by atoms with Crippen molar-refractivity contribution in [2.24, 2.45) is 17.6 Å². The van der Waals surface area contributed by atoms with Crippen LogP contribution in [0.3, 0.4) is 0 Å². The summed E-state index contributed by atoms with van der Waals surface area (Å²) >= 11 is 0. The number of halogens is 1. The predicted molar refractivity (Wildman–Crippen MR) is 80.6 cm³/mol. The van der Waals surface area contributed by atoms with Crippen molar-refractivity contribution in [2.45, 2.75) is 51.5 Å². The van der Waals surface area contributed by atoms with Gasteiger partial charge in [0.25, 0.3) is 0 Å². The van der Waals surface area contributed by atoms with Crippen LogP contribution in [0.5, 0.6) is 0 Å². The first-order chi connectivity index (χ1) is 9.08. The predicted octanol–water partition coefficient (Wildman–Crippen LogP) is 1.63. The minimum absolute atomic E-state index is 0. The van der Waals surface area contributed by atoms with Gasteiger partial charge in [0.1, 0.15) is 0 Å². The smallest absolute Gasteiger partial charge is 0.307 e. The quantitative estimate of drug-likeness (QED) is 0.731. The minimum Gasteiger partial charge on any atom is -0.469 e. The van der Waals surface area contributed by atoms with Crippen LogP contribution >= 0.6 is 12.4 Å². The van der Waals surface area contributed by atoms with E-state index in [0.717, 1.165) is 12.8 Å². The monoisotopic (exact) mass is 306 g/mol. The number of carbonyl (C=O) groups excluding carboxylic acids is 2. The summed E-state index contributed by atoms with van der Waals surface area (Å²) in [5, 5.41) is 2.98. The van der Waals surface area contributed by atoms with E-state index in [4.69, 9.17) is 10.5 Å². The summed E-state index contributed by atoms with van der Waals surface area (Å²) < 4.78 is 4.72. The Morgan fingerprint density at radius 2 is 1.90 bits per heavy atom. The summed E-state index contributed by atoms with van der Waals surface area (Å²) in [7, 11) is 1.38. The Bertz CT molecular complexity index is 307. The van der Waals surface area contributed by atoms with E-state index in [1.807, 2.05) is 0 Å². The van der Waals surface area contributed by atoms with E-state index in [1.165, 1.54) is 26.4 Å². The Kier molecular flexibility index (Phi) is 9.59. The van der Waals surface area contributed by atoms with Crippen LogP contribution in [0, 0.1) is 11.8 Å². The third-order valence-corrected chi connectivity index (χ3v) is 3.96. The normalized spacial score (nSPS) is 18.6. The molecule has 0 radical (unpaired) electrons. The highest BCUT2D eigenvalue weighted by Gasteiger charge is 2.28. The molecule has 0 heterocycles. The van der Waals surface area contributed by atoms with Crippen LogP contribution in [0.4, 0.5) is 0 Å². The summed E-state index contributed by atoms with van der Waals surface area (Å²) in [6.45, 7) is 2.12. The Morgan fingerprint density at radius 3 is 2.40 bits per heavy atom. The van der Waals surface area contributed by atoms with E-state index in [-0.39, 0.29) is 42.7 Å². The molecule has 118 valence electrons. The summed E-state index contributed by atoms with van der Waals surface area (Å²) in [4.78, 5) is 23.4. The second-order valence-electron chi connectivity index (χ2n) is 5.43. The lowest BCUT2D eigenvalue weighted by Gasteiger charge is -2.31. The Balaban J connectivity index is 0.00000361. The third kappa shape index (κ3) is 6.09. The van der Waals surface area contributed by atoms with Crippen LogP contribution < -0.4 is 11.1 Å². The van der Waals surface area contributed by atoms with Crippen LogP contribution in [0.1, 0.15) is 45.4 Å². The van der Waals surface area contributed by atoms with Gasteiger partial charge in [-0.25, -0.2) is 0 Å². The van der Waals surface area contributed by atoms with E-state index in [0.29, 0.717) is 12.5 Å². The summed E-state index contributed by atoms with van der Waals surface area (Å²) in [5.74, 6) is -0.177. The maximum atomic E-state index is 12.0. The molecule has 6 heteroatoms. The number of esters is 1. The van der Waals surface area contributed by atoms with Gasteiger partial charge in [0.15, 0.2) is 0 Å². The van der Waals surface area contributed by atoms with Gasteiger partial charge >= 0.3 is 5.97 Å². The third-order valence-electron chi connectivity index (χ3n) is 3.96. The average molecular weight is 307 g/mol. The number of carbonyl (C=O) groups is 2. The van der Waals surface area contributed by atoms with Crippen molar-refractivity contribution < 1.29 is 14.3 Å². The molecule has 2 unspecified atom stereocenters. The van der Waals surface area contributed by atoms with Gasteiger partial charge in [0.2, 0.25) is 5.91 Å². The van der Waals surface area contributed by atoms with Gasteiger partial charge in [-0.1, -0.05) is 26.2 Å². The number of nitrogens with two attached hydrogens (primary N) is 1. The lowest BCUT2D eigenvalue weighted by atomic mass is 9.82. The second kappa shape index (κ2) is 10.00. The molecule has 0 aromatic heterocycles. The zero-order chi connectivity index (χ0) is 14.3. The molecule has 1 fully saturated rings. The molecule has 2 atom stereocenters. The lowest BCUT2D eigenvalue weighted by Crippen LogP contribution is -2.45. The lowest BCUT2D eigenvalue weighted by molar-refractivity contribution is -0.141. The number of hydrogen-bond acceptors (Lipinski definition) is 4. The number of ether oxygens (including phenoxy) is 1. The molecule has 1 saturated carbocycles. The molecule has 0 saturated heterocycles. The van der Waals surface area contributed by atoms with Crippen molar-refractivity contribution in [3.8, 4) is 0 Å². The highest BCUT2D eigenvalue weighted by Crippen LogP contribution is 2.28. The first kappa shape index (κ1) is 19.2. The number of nitrogens with one attached hydrogen (secondary N) is 1. The molecule has 1 amide bonds. The molecule has 0 aliphatic heterocycles. The Hall–Kier alpha value is -0.810. The SMILES string of the molecule is COC(=O)CC(NC(=O)C(C)CN)C1CCCCC1.Cl. The van der Waals surface area contributed by atoms with Gasteiger partial charge in [0, 0.05) is 18.5 Å². The standard InChI is InChI=1S/C14H26N2O3.ClH/c1-10(9-15)14(18)16-12(8-13(17)19-2)11-6-4-3-5-7-11;/h10-12H,3-9,15H2,1-2H3,(H,16,18);1H. The summed E-state index contributed by atoms with van der Waals surface area (Å²) in [6, 6.07) is -0.116. The molecule has 20 heavy (non-hydrogen) atoms. The molecule has 1 aliphatic rings. The molecule has 0 spiro atoms. The maximum Gasteiger partial charge on any atom is 0.307 e. The zero-order valence-corrected chi connectivity index (χ0v) is 13.2.